The summed E-state index contributed by atoms with van der Waals surface area (Å²) in [5.74, 6) is -1.55. The molecule has 9 heteroatoms. The highest BCUT2D eigenvalue weighted by Gasteiger charge is 2.39. The number of nitrogens with zero attached hydrogens (tertiary/aromatic N) is 3. The summed E-state index contributed by atoms with van der Waals surface area (Å²) in [5, 5.41) is 0. The van der Waals surface area contributed by atoms with E-state index < -0.39 is 21.8 Å². The van der Waals surface area contributed by atoms with Crippen LogP contribution in [-0.4, -0.2) is 66.6 Å². The van der Waals surface area contributed by atoms with E-state index in [9.17, 15) is 22.4 Å². The van der Waals surface area contributed by atoms with Gasteiger partial charge in [-0.3, -0.25) is 9.59 Å². The van der Waals surface area contributed by atoms with E-state index in [1.165, 1.54) is 21.3 Å². The lowest BCUT2D eigenvalue weighted by molar-refractivity contribution is -0.158. The average molecular weight is 488 g/mol. The molecule has 0 spiro atoms. The van der Waals surface area contributed by atoms with Gasteiger partial charge in [0.15, 0.2) is 0 Å². The molecular weight excluding hydrogens is 457 g/mol. The normalized spacial score (nSPS) is 18.5. The van der Waals surface area contributed by atoms with Gasteiger partial charge in [0.2, 0.25) is 10.0 Å². The van der Waals surface area contributed by atoms with E-state index in [0.29, 0.717) is 44.6 Å². The molecular formula is C25H30FN3O4S. The molecule has 2 fully saturated rings. The summed E-state index contributed by atoms with van der Waals surface area (Å²) < 4.78 is 41.0. The van der Waals surface area contributed by atoms with Crippen LogP contribution >= 0.6 is 0 Å². The fraction of sp³-hybridized carbons (Fsp3) is 0.440. The summed E-state index contributed by atoms with van der Waals surface area (Å²) in [5.41, 5.74) is 1.75. The van der Waals surface area contributed by atoms with E-state index >= 15 is 0 Å². The molecule has 182 valence electrons. The van der Waals surface area contributed by atoms with Crippen molar-refractivity contribution in [1.29, 1.82) is 0 Å². The van der Waals surface area contributed by atoms with Crippen molar-refractivity contribution in [2.24, 2.45) is 0 Å². The summed E-state index contributed by atoms with van der Waals surface area (Å²) in [7, 11) is -3.59. The van der Waals surface area contributed by atoms with Crippen LogP contribution in [-0.2, 0) is 32.6 Å². The van der Waals surface area contributed by atoms with Gasteiger partial charge in [-0.1, -0.05) is 37.6 Å². The molecule has 2 amide bonds. The molecule has 0 aliphatic carbocycles. The summed E-state index contributed by atoms with van der Waals surface area (Å²) >= 11 is 0. The Bertz CT molecular complexity index is 1150. The number of hydrogen-bond donors (Lipinski definition) is 0. The summed E-state index contributed by atoms with van der Waals surface area (Å²) in [6.45, 7) is 3.62. The second kappa shape index (κ2) is 10.2. The zero-order valence-electron chi connectivity index (χ0n) is 19.3. The van der Waals surface area contributed by atoms with Crippen molar-refractivity contribution < 1.29 is 22.4 Å². The maximum Gasteiger partial charge on any atom is 0.312 e. The van der Waals surface area contributed by atoms with Crippen molar-refractivity contribution in [3.63, 3.8) is 0 Å². The second-order valence-electron chi connectivity index (χ2n) is 8.88. The van der Waals surface area contributed by atoms with Crippen molar-refractivity contribution >= 4 is 21.8 Å². The minimum absolute atomic E-state index is 0.175. The molecule has 2 aliphatic rings. The van der Waals surface area contributed by atoms with Crippen LogP contribution in [0.4, 0.5) is 4.39 Å². The zero-order chi connectivity index (χ0) is 24.3. The molecule has 0 radical (unpaired) electrons. The van der Waals surface area contributed by atoms with E-state index in [2.05, 4.69) is 6.92 Å². The van der Waals surface area contributed by atoms with E-state index in [0.717, 1.165) is 18.4 Å². The Kier molecular flexibility index (Phi) is 7.33. The Morgan fingerprint density at radius 3 is 2.26 bits per heavy atom. The molecule has 0 atom stereocenters. The van der Waals surface area contributed by atoms with Crippen LogP contribution in [0.2, 0.25) is 0 Å². The minimum atomic E-state index is -3.59. The first-order valence-corrected chi connectivity index (χ1v) is 13.2. The quantitative estimate of drug-likeness (QED) is 0.563. The van der Waals surface area contributed by atoms with E-state index in [1.54, 1.807) is 29.2 Å². The number of benzene rings is 2. The molecule has 2 aliphatic heterocycles. The first-order chi connectivity index (χ1) is 16.3. The van der Waals surface area contributed by atoms with Crippen molar-refractivity contribution in [3.8, 4) is 0 Å². The van der Waals surface area contributed by atoms with Crippen LogP contribution in [0.15, 0.2) is 53.4 Å². The number of amides is 2. The Morgan fingerprint density at radius 1 is 0.912 bits per heavy atom. The van der Waals surface area contributed by atoms with Gasteiger partial charge in [-0.05, 0) is 54.7 Å². The van der Waals surface area contributed by atoms with Gasteiger partial charge < -0.3 is 9.80 Å². The molecule has 0 bridgehead atoms. The van der Waals surface area contributed by atoms with Gasteiger partial charge in [0.25, 0.3) is 0 Å². The van der Waals surface area contributed by atoms with E-state index in [4.69, 9.17) is 0 Å². The van der Waals surface area contributed by atoms with Gasteiger partial charge in [0, 0.05) is 38.8 Å². The van der Waals surface area contributed by atoms with Gasteiger partial charge in [-0.15, -0.1) is 0 Å². The number of sulfonamides is 1. The lowest BCUT2D eigenvalue weighted by atomic mass is 10.0. The number of hydrogen-bond acceptors (Lipinski definition) is 4. The van der Waals surface area contributed by atoms with Crippen LogP contribution in [0, 0.1) is 5.82 Å². The van der Waals surface area contributed by atoms with Crippen LogP contribution in [0.25, 0.3) is 0 Å². The lowest BCUT2D eigenvalue weighted by Crippen LogP contribution is -2.58. The molecule has 7 nitrogen and oxygen atoms in total. The van der Waals surface area contributed by atoms with Gasteiger partial charge in [-0.25, -0.2) is 12.8 Å². The number of carbonyl (C=O) groups is 2. The first kappa shape index (κ1) is 24.3. The van der Waals surface area contributed by atoms with Crippen LogP contribution < -0.4 is 0 Å². The topological polar surface area (TPSA) is 78.0 Å². The van der Waals surface area contributed by atoms with Crippen molar-refractivity contribution in [3.05, 3.63) is 65.5 Å². The SMILES string of the molecule is CCCc1ccc(S(=O)(=O)N2CCC(N3CCN(Cc4cccc(F)c4)C(=O)C3=O)CC2)cc1. The third-order valence-electron chi connectivity index (χ3n) is 6.57. The fourth-order valence-electron chi connectivity index (χ4n) is 4.70. The predicted molar refractivity (Wildman–Crippen MR) is 126 cm³/mol. The minimum Gasteiger partial charge on any atom is -0.330 e. The zero-order valence-corrected chi connectivity index (χ0v) is 20.1. The highest BCUT2D eigenvalue weighted by molar-refractivity contribution is 7.89. The number of aryl methyl sites for hydroxylation is 1. The van der Waals surface area contributed by atoms with Crippen molar-refractivity contribution in [2.75, 3.05) is 26.2 Å². The number of rotatable bonds is 7. The lowest BCUT2D eigenvalue weighted by Gasteiger charge is -2.41. The monoisotopic (exact) mass is 487 g/mol. The van der Waals surface area contributed by atoms with Gasteiger partial charge in [-0.2, -0.15) is 4.31 Å². The number of halogens is 1. The van der Waals surface area contributed by atoms with Crippen molar-refractivity contribution in [1.82, 2.24) is 14.1 Å². The van der Waals surface area contributed by atoms with E-state index in [-0.39, 0.29) is 23.3 Å². The Balaban J connectivity index is 1.35. The largest absolute Gasteiger partial charge is 0.330 e. The molecule has 0 aromatic heterocycles. The Morgan fingerprint density at radius 2 is 1.62 bits per heavy atom. The molecule has 2 heterocycles. The second-order valence-corrected chi connectivity index (χ2v) is 10.8. The molecule has 2 saturated heterocycles. The number of carbonyl (C=O) groups excluding carboxylic acids is 2. The highest BCUT2D eigenvalue weighted by Crippen LogP contribution is 2.25. The fourth-order valence-corrected chi connectivity index (χ4v) is 6.17. The molecule has 4 rings (SSSR count). The third kappa shape index (κ3) is 5.15. The molecule has 0 N–H and O–H groups in total. The van der Waals surface area contributed by atoms with Crippen LogP contribution in [0.1, 0.15) is 37.3 Å². The summed E-state index contributed by atoms with van der Waals surface area (Å²) in [6, 6.07) is 12.9. The predicted octanol–water partition coefficient (Wildman–Crippen LogP) is 2.80. The van der Waals surface area contributed by atoms with E-state index in [1.807, 2.05) is 12.1 Å². The molecule has 2 aromatic carbocycles. The van der Waals surface area contributed by atoms with Gasteiger partial charge in [0.1, 0.15) is 5.82 Å². The summed E-state index contributed by atoms with van der Waals surface area (Å²) in [4.78, 5) is 28.8. The molecule has 34 heavy (non-hydrogen) atoms. The van der Waals surface area contributed by atoms with Crippen LogP contribution in [0.3, 0.4) is 0 Å². The van der Waals surface area contributed by atoms with Crippen molar-refractivity contribution in [2.45, 2.75) is 50.1 Å². The standard InChI is InChI=1S/C25H30FN3O4S/c1-2-4-19-7-9-23(10-8-19)34(32,33)28-13-11-22(12-14-28)29-16-15-27(24(30)25(29)31)18-20-5-3-6-21(26)17-20/h3,5-10,17,22H,2,4,11-16,18H2,1H3. The van der Waals surface area contributed by atoms with Gasteiger partial charge in [0.05, 0.1) is 4.90 Å². The first-order valence-electron chi connectivity index (χ1n) is 11.7. The summed E-state index contributed by atoms with van der Waals surface area (Å²) in [6.07, 6.45) is 2.87. The Labute approximate surface area is 200 Å². The number of piperazine rings is 1. The maximum absolute atomic E-state index is 13.4. The van der Waals surface area contributed by atoms with Crippen LogP contribution in [0.5, 0.6) is 0 Å². The highest BCUT2D eigenvalue weighted by atomic mass is 32.2. The molecule has 2 aromatic rings. The third-order valence-corrected chi connectivity index (χ3v) is 8.48. The molecule has 0 unspecified atom stereocenters. The Hall–Kier alpha value is -2.78. The number of piperidine rings is 1. The maximum atomic E-state index is 13.4. The molecule has 0 saturated carbocycles. The smallest absolute Gasteiger partial charge is 0.312 e. The average Bonchev–Trinajstić information content (AvgIpc) is 2.83. The van der Waals surface area contributed by atoms with Gasteiger partial charge >= 0.3 is 11.8 Å².